The van der Waals surface area contributed by atoms with Gasteiger partial charge >= 0.3 is 0 Å². The minimum Gasteiger partial charge on any atom is -0.207 e. The fourth-order valence-corrected chi connectivity index (χ4v) is 3.97. The van der Waals surface area contributed by atoms with E-state index in [9.17, 15) is 12.8 Å². The van der Waals surface area contributed by atoms with Crippen LogP contribution < -0.4 is 0 Å². The quantitative estimate of drug-likeness (QED) is 0.645. The second kappa shape index (κ2) is 5.24. The normalized spacial score (nSPS) is 20.4. The van der Waals surface area contributed by atoms with Crippen LogP contribution in [0.4, 0.5) is 4.39 Å². The Morgan fingerprint density at radius 1 is 1.23 bits per heavy atom. The zero-order valence-electron chi connectivity index (χ0n) is 12.0. The zero-order chi connectivity index (χ0) is 15.9. The summed E-state index contributed by atoms with van der Waals surface area (Å²) >= 11 is 0. The van der Waals surface area contributed by atoms with Crippen LogP contribution in [-0.2, 0) is 10.0 Å². The van der Waals surface area contributed by atoms with Gasteiger partial charge in [0.25, 0.3) is 0 Å². The Kier molecular flexibility index (Phi) is 3.51. The minimum atomic E-state index is -3.58. The van der Waals surface area contributed by atoms with Crippen molar-refractivity contribution in [2.45, 2.75) is 17.9 Å². The molecule has 5 heteroatoms. The summed E-state index contributed by atoms with van der Waals surface area (Å²) in [6.45, 7) is 2.21. The van der Waals surface area contributed by atoms with Crippen LogP contribution in [-0.4, -0.2) is 19.3 Å². The largest absolute Gasteiger partial charge is 0.243 e. The van der Waals surface area contributed by atoms with Crippen molar-refractivity contribution in [3.63, 3.8) is 0 Å². The van der Waals surface area contributed by atoms with Gasteiger partial charge in [-0.05, 0) is 42.8 Å². The maximum atomic E-state index is 13.4. The third-order valence-electron chi connectivity index (χ3n) is 3.72. The molecule has 0 aliphatic carbocycles. The molecule has 0 bridgehead atoms. The fraction of sp³-hybridized carbons (Fsp3) is 0.176. The van der Waals surface area contributed by atoms with Crippen LogP contribution in [0.5, 0.6) is 0 Å². The van der Waals surface area contributed by atoms with Crippen molar-refractivity contribution in [3.05, 3.63) is 65.0 Å². The number of benzene rings is 2. The summed E-state index contributed by atoms with van der Waals surface area (Å²) in [6.07, 6.45) is 5.41. The second-order valence-electron chi connectivity index (χ2n) is 5.28. The maximum absolute atomic E-state index is 13.4. The molecule has 0 spiro atoms. The molecule has 3 nitrogen and oxygen atoms in total. The number of terminal acetylenes is 1. The highest BCUT2D eigenvalue weighted by molar-refractivity contribution is 7.89. The van der Waals surface area contributed by atoms with Crippen molar-refractivity contribution in [2.75, 3.05) is 6.54 Å². The highest BCUT2D eigenvalue weighted by Crippen LogP contribution is 2.41. The van der Waals surface area contributed by atoms with E-state index in [1.807, 2.05) is 6.92 Å². The average molecular weight is 315 g/mol. The van der Waals surface area contributed by atoms with Gasteiger partial charge in [-0.3, -0.25) is 0 Å². The third-order valence-corrected chi connectivity index (χ3v) is 5.61. The van der Waals surface area contributed by atoms with Gasteiger partial charge in [-0.1, -0.05) is 23.6 Å². The molecule has 1 fully saturated rings. The third kappa shape index (κ3) is 2.52. The van der Waals surface area contributed by atoms with Gasteiger partial charge in [-0.15, -0.1) is 6.42 Å². The Bertz CT molecular complexity index is 867. The van der Waals surface area contributed by atoms with E-state index in [1.54, 1.807) is 24.3 Å². The van der Waals surface area contributed by atoms with Crippen molar-refractivity contribution < 1.29 is 12.8 Å². The zero-order valence-corrected chi connectivity index (χ0v) is 12.8. The molecule has 0 N–H and O–H groups in total. The van der Waals surface area contributed by atoms with Gasteiger partial charge in [0.2, 0.25) is 10.0 Å². The van der Waals surface area contributed by atoms with Crippen LogP contribution in [0, 0.1) is 25.1 Å². The van der Waals surface area contributed by atoms with E-state index in [4.69, 9.17) is 6.42 Å². The van der Waals surface area contributed by atoms with Crippen LogP contribution >= 0.6 is 0 Å². The molecule has 112 valence electrons. The standard InChI is InChI=1S/C17H14FNO2S/c1-3-13-6-7-14(18)10-16(13)17-11-19(17)22(20,21)15-8-4-12(2)5-9-15/h1,4-10,17H,11H2,2H3. The van der Waals surface area contributed by atoms with Crippen LogP contribution in [0.1, 0.15) is 22.7 Å². The second-order valence-corrected chi connectivity index (χ2v) is 7.17. The van der Waals surface area contributed by atoms with Crippen molar-refractivity contribution in [2.24, 2.45) is 0 Å². The smallest absolute Gasteiger partial charge is 0.207 e. The average Bonchev–Trinajstić information content (AvgIpc) is 3.28. The Morgan fingerprint density at radius 2 is 1.91 bits per heavy atom. The number of aryl methyl sites for hydroxylation is 1. The van der Waals surface area contributed by atoms with Crippen LogP contribution in [0.15, 0.2) is 47.4 Å². The molecule has 2 aromatic carbocycles. The topological polar surface area (TPSA) is 37.1 Å². The van der Waals surface area contributed by atoms with Crippen molar-refractivity contribution in [1.29, 1.82) is 0 Å². The summed E-state index contributed by atoms with van der Waals surface area (Å²) in [6, 6.07) is 10.3. The van der Waals surface area contributed by atoms with E-state index in [-0.39, 0.29) is 4.90 Å². The lowest BCUT2D eigenvalue weighted by Crippen LogP contribution is -2.13. The first kappa shape index (κ1) is 14.8. The number of hydrogen-bond donors (Lipinski definition) is 0. The van der Waals surface area contributed by atoms with Gasteiger partial charge in [0.1, 0.15) is 5.82 Å². The van der Waals surface area contributed by atoms with Gasteiger partial charge in [0, 0.05) is 12.1 Å². The lowest BCUT2D eigenvalue weighted by Gasteiger charge is -2.08. The van der Waals surface area contributed by atoms with Crippen molar-refractivity contribution in [1.82, 2.24) is 4.31 Å². The molecular weight excluding hydrogens is 301 g/mol. The minimum absolute atomic E-state index is 0.235. The molecule has 0 radical (unpaired) electrons. The monoisotopic (exact) mass is 315 g/mol. The van der Waals surface area contributed by atoms with Crippen LogP contribution in [0.2, 0.25) is 0 Å². The maximum Gasteiger partial charge on any atom is 0.243 e. The molecule has 2 unspecified atom stereocenters. The van der Waals surface area contributed by atoms with E-state index in [0.717, 1.165) is 5.56 Å². The van der Waals surface area contributed by atoms with Gasteiger partial charge in [-0.2, -0.15) is 4.31 Å². The lowest BCUT2D eigenvalue weighted by molar-refractivity contribution is 0.553. The Hall–Kier alpha value is -2.16. The van der Waals surface area contributed by atoms with Gasteiger partial charge in [0.05, 0.1) is 10.9 Å². The summed E-state index contributed by atoms with van der Waals surface area (Å²) in [5.41, 5.74) is 2.05. The van der Waals surface area contributed by atoms with E-state index < -0.39 is 21.9 Å². The van der Waals surface area contributed by atoms with Crippen molar-refractivity contribution in [3.8, 4) is 12.3 Å². The van der Waals surface area contributed by atoms with E-state index in [2.05, 4.69) is 5.92 Å². The van der Waals surface area contributed by atoms with Gasteiger partial charge in [0.15, 0.2) is 0 Å². The number of nitrogens with zero attached hydrogens (tertiary/aromatic N) is 1. The van der Waals surface area contributed by atoms with Gasteiger partial charge in [-0.25, -0.2) is 12.8 Å². The highest BCUT2D eigenvalue weighted by atomic mass is 32.2. The molecule has 2 atom stereocenters. The summed E-state index contributed by atoms with van der Waals surface area (Å²) in [5.74, 6) is 2.05. The molecule has 0 aromatic heterocycles. The first-order valence-electron chi connectivity index (χ1n) is 6.78. The first-order chi connectivity index (χ1) is 10.4. The van der Waals surface area contributed by atoms with Crippen LogP contribution in [0.25, 0.3) is 0 Å². The van der Waals surface area contributed by atoms with E-state index in [0.29, 0.717) is 17.7 Å². The highest BCUT2D eigenvalue weighted by Gasteiger charge is 2.46. The first-order valence-corrected chi connectivity index (χ1v) is 8.22. The Labute approximate surface area is 129 Å². The van der Waals surface area contributed by atoms with Crippen molar-refractivity contribution >= 4 is 10.0 Å². The molecule has 2 aromatic rings. The molecule has 3 rings (SSSR count). The molecule has 0 saturated carbocycles. The molecule has 0 amide bonds. The van der Waals surface area contributed by atoms with E-state index in [1.165, 1.54) is 22.5 Å². The van der Waals surface area contributed by atoms with E-state index >= 15 is 0 Å². The molecule has 1 saturated heterocycles. The SMILES string of the molecule is C#Cc1ccc(F)cc1C1CN1S(=O)(=O)c1ccc(C)cc1. The molecule has 22 heavy (non-hydrogen) atoms. The van der Waals surface area contributed by atoms with Gasteiger partial charge < -0.3 is 0 Å². The van der Waals surface area contributed by atoms with Crippen LogP contribution in [0.3, 0.4) is 0 Å². The summed E-state index contributed by atoms with van der Waals surface area (Å²) in [7, 11) is -3.58. The molecule has 1 aliphatic heterocycles. The Balaban J connectivity index is 1.93. The fourth-order valence-electron chi connectivity index (χ4n) is 2.43. The number of sulfonamides is 1. The summed E-state index contributed by atoms with van der Waals surface area (Å²) < 4.78 is 39.9. The predicted octanol–water partition coefficient (Wildman–Crippen LogP) is 2.86. The number of hydrogen-bond acceptors (Lipinski definition) is 2. The molecule has 1 aliphatic rings. The number of halogens is 1. The molecule has 1 heterocycles. The molecular formula is C17H14FNO2S. The summed E-state index contributed by atoms with van der Waals surface area (Å²) in [5, 5.41) is 0. The number of rotatable bonds is 3. The lowest BCUT2D eigenvalue weighted by atomic mass is 10.1. The summed E-state index contributed by atoms with van der Waals surface area (Å²) in [4.78, 5) is 0.235. The Morgan fingerprint density at radius 3 is 2.55 bits per heavy atom. The predicted molar refractivity (Wildman–Crippen MR) is 82.1 cm³/mol.